The second-order valence-electron chi connectivity index (χ2n) is 4.48. The second-order valence-corrected chi connectivity index (χ2v) is 4.48. The molecular formula is C12H20N4O3. The molecule has 106 valence electrons. The van der Waals surface area contributed by atoms with Crippen LogP contribution < -0.4 is 11.1 Å². The number of ether oxygens (including phenoxy) is 1. The van der Waals surface area contributed by atoms with Crippen LogP contribution in [-0.2, 0) is 16.1 Å². The lowest BCUT2D eigenvalue weighted by Crippen LogP contribution is -2.45. The van der Waals surface area contributed by atoms with Gasteiger partial charge in [-0.3, -0.25) is 9.48 Å². The van der Waals surface area contributed by atoms with Gasteiger partial charge in [0.25, 0.3) is 5.91 Å². The van der Waals surface area contributed by atoms with Crippen LogP contribution in [-0.4, -0.2) is 34.8 Å². The van der Waals surface area contributed by atoms with Gasteiger partial charge in [-0.2, -0.15) is 5.10 Å². The smallest absolute Gasteiger partial charge is 0.328 e. The Morgan fingerprint density at radius 3 is 2.63 bits per heavy atom. The summed E-state index contributed by atoms with van der Waals surface area (Å²) in [5.41, 5.74) is 6.26. The molecule has 0 aliphatic carbocycles. The standard InChI is InChI=1S/C12H20N4O3/c1-5-16-10(8(13)6-14-16)11(17)15-9(7(2)3)12(18)19-4/h6-7,9H,5,13H2,1-4H3,(H,15,17). The van der Waals surface area contributed by atoms with Crippen molar-refractivity contribution in [2.24, 2.45) is 5.92 Å². The van der Waals surface area contributed by atoms with Crippen LogP contribution in [0.15, 0.2) is 6.20 Å². The highest BCUT2D eigenvalue weighted by atomic mass is 16.5. The monoisotopic (exact) mass is 268 g/mol. The minimum absolute atomic E-state index is 0.0874. The van der Waals surface area contributed by atoms with Crippen molar-refractivity contribution >= 4 is 17.6 Å². The molecule has 0 saturated heterocycles. The third kappa shape index (κ3) is 3.24. The highest BCUT2D eigenvalue weighted by Gasteiger charge is 2.27. The topological polar surface area (TPSA) is 99.2 Å². The number of nitrogens with zero attached hydrogens (tertiary/aromatic N) is 2. The van der Waals surface area contributed by atoms with Crippen LogP contribution in [0.5, 0.6) is 0 Å². The van der Waals surface area contributed by atoms with Crippen LogP contribution >= 0.6 is 0 Å². The number of methoxy groups -OCH3 is 1. The lowest BCUT2D eigenvalue weighted by Gasteiger charge is -2.20. The van der Waals surface area contributed by atoms with Crippen molar-refractivity contribution in [1.82, 2.24) is 15.1 Å². The van der Waals surface area contributed by atoms with E-state index in [1.165, 1.54) is 18.0 Å². The first kappa shape index (κ1) is 15.0. The molecular weight excluding hydrogens is 248 g/mol. The molecule has 1 atom stereocenters. The fourth-order valence-corrected chi connectivity index (χ4v) is 1.72. The Bertz CT molecular complexity index is 468. The number of carbonyl (C=O) groups is 2. The number of carbonyl (C=O) groups excluding carboxylic acids is 2. The summed E-state index contributed by atoms with van der Waals surface area (Å²) in [4.78, 5) is 23.8. The summed E-state index contributed by atoms with van der Waals surface area (Å²) in [5.74, 6) is -0.999. The van der Waals surface area contributed by atoms with Gasteiger partial charge >= 0.3 is 5.97 Å². The summed E-state index contributed by atoms with van der Waals surface area (Å²) in [6, 6.07) is -0.711. The van der Waals surface area contributed by atoms with Crippen molar-refractivity contribution in [3.05, 3.63) is 11.9 Å². The van der Waals surface area contributed by atoms with Gasteiger partial charge in [-0.15, -0.1) is 0 Å². The number of rotatable bonds is 5. The normalized spacial score (nSPS) is 12.3. The molecule has 0 aliphatic rings. The molecule has 0 aromatic carbocycles. The largest absolute Gasteiger partial charge is 0.467 e. The molecule has 1 aromatic rings. The zero-order valence-corrected chi connectivity index (χ0v) is 11.6. The van der Waals surface area contributed by atoms with Gasteiger partial charge < -0.3 is 15.8 Å². The van der Waals surface area contributed by atoms with E-state index >= 15 is 0 Å². The van der Waals surface area contributed by atoms with E-state index < -0.39 is 17.9 Å². The van der Waals surface area contributed by atoms with E-state index in [0.717, 1.165) is 0 Å². The number of aryl methyl sites for hydroxylation is 1. The van der Waals surface area contributed by atoms with E-state index in [1.807, 2.05) is 20.8 Å². The van der Waals surface area contributed by atoms with Crippen molar-refractivity contribution in [3.63, 3.8) is 0 Å². The van der Waals surface area contributed by atoms with E-state index in [4.69, 9.17) is 5.73 Å². The predicted octanol–water partition coefficient (Wildman–Crippen LogP) is 0.413. The van der Waals surface area contributed by atoms with Crippen LogP contribution in [0.2, 0.25) is 0 Å². The Labute approximate surface area is 112 Å². The molecule has 1 heterocycles. The first-order valence-corrected chi connectivity index (χ1v) is 6.12. The molecule has 1 rings (SSSR count). The summed E-state index contributed by atoms with van der Waals surface area (Å²) >= 11 is 0. The molecule has 0 spiro atoms. The predicted molar refractivity (Wildman–Crippen MR) is 70.4 cm³/mol. The molecule has 7 heteroatoms. The number of nitrogens with one attached hydrogen (secondary N) is 1. The first-order valence-electron chi connectivity index (χ1n) is 6.12. The third-order valence-corrected chi connectivity index (χ3v) is 2.79. The SMILES string of the molecule is CCn1ncc(N)c1C(=O)NC(C(=O)OC)C(C)C. The van der Waals surface area contributed by atoms with E-state index in [1.54, 1.807) is 0 Å². The van der Waals surface area contributed by atoms with Gasteiger partial charge in [-0.05, 0) is 12.8 Å². The molecule has 0 saturated carbocycles. The molecule has 0 aliphatic heterocycles. The number of hydrogen-bond acceptors (Lipinski definition) is 5. The van der Waals surface area contributed by atoms with Gasteiger partial charge in [0, 0.05) is 6.54 Å². The van der Waals surface area contributed by atoms with E-state index in [9.17, 15) is 9.59 Å². The average Bonchev–Trinajstić information content (AvgIpc) is 2.75. The van der Waals surface area contributed by atoms with Crippen molar-refractivity contribution in [3.8, 4) is 0 Å². The molecule has 3 N–H and O–H groups in total. The van der Waals surface area contributed by atoms with Crippen molar-refractivity contribution in [2.75, 3.05) is 12.8 Å². The molecule has 1 amide bonds. The van der Waals surface area contributed by atoms with Crippen LogP contribution in [0.4, 0.5) is 5.69 Å². The maximum absolute atomic E-state index is 12.2. The zero-order valence-electron chi connectivity index (χ0n) is 11.6. The number of hydrogen-bond donors (Lipinski definition) is 2. The summed E-state index contributed by atoms with van der Waals surface area (Å²) in [5, 5.41) is 6.62. The number of nitrogens with two attached hydrogens (primary N) is 1. The Hall–Kier alpha value is -2.05. The van der Waals surface area contributed by atoms with E-state index in [2.05, 4.69) is 15.2 Å². The summed E-state index contributed by atoms with van der Waals surface area (Å²) in [6.45, 7) is 6.01. The quantitative estimate of drug-likeness (QED) is 0.754. The van der Waals surface area contributed by atoms with Crippen LogP contribution in [0.1, 0.15) is 31.3 Å². The third-order valence-electron chi connectivity index (χ3n) is 2.79. The van der Waals surface area contributed by atoms with Gasteiger partial charge in [0.15, 0.2) is 0 Å². The number of anilines is 1. The van der Waals surface area contributed by atoms with Gasteiger partial charge in [-0.25, -0.2) is 4.79 Å². The number of esters is 1. The summed E-state index contributed by atoms with van der Waals surface area (Å²) in [7, 11) is 1.29. The van der Waals surface area contributed by atoms with Gasteiger partial charge in [0.05, 0.1) is 19.0 Å². The molecule has 0 fully saturated rings. The van der Waals surface area contributed by atoms with Crippen LogP contribution in [0.25, 0.3) is 0 Å². The van der Waals surface area contributed by atoms with Crippen molar-refractivity contribution < 1.29 is 14.3 Å². The highest BCUT2D eigenvalue weighted by Crippen LogP contribution is 2.12. The van der Waals surface area contributed by atoms with E-state index in [-0.39, 0.29) is 17.3 Å². The minimum Gasteiger partial charge on any atom is -0.467 e. The fraction of sp³-hybridized carbons (Fsp3) is 0.583. The van der Waals surface area contributed by atoms with Gasteiger partial charge in [0.2, 0.25) is 0 Å². The second kappa shape index (κ2) is 6.21. The zero-order chi connectivity index (χ0) is 14.6. The first-order chi connectivity index (χ1) is 8.92. The molecule has 1 aromatic heterocycles. The highest BCUT2D eigenvalue weighted by molar-refractivity contribution is 5.99. The molecule has 0 radical (unpaired) electrons. The summed E-state index contributed by atoms with van der Waals surface area (Å²) in [6.07, 6.45) is 1.42. The molecule has 19 heavy (non-hydrogen) atoms. The molecule has 7 nitrogen and oxygen atoms in total. The maximum Gasteiger partial charge on any atom is 0.328 e. The Balaban J connectivity index is 2.94. The molecule has 0 bridgehead atoms. The summed E-state index contributed by atoms with van der Waals surface area (Å²) < 4.78 is 6.16. The van der Waals surface area contributed by atoms with Gasteiger partial charge in [0.1, 0.15) is 11.7 Å². The molecule has 1 unspecified atom stereocenters. The Kier molecular flexibility index (Phi) is 4.91. The van der Waals surface area contributed by atoms with Gasteiger partial charge in [-0.1, -0.05) is 13.8 Å². The number of amides is 1. The lowest BCUT2D eigenvalue weighted by molar-refractivity contribution is -0.144. The number of aromatic nitrogens is 2. The Morgan fingerprint density at radius 1 is 1.53 bits per heavy atom. The Morgan fingerprint density at radius 2 is 2.16 bits per heavy atom. The van der Waals surface area contributed by atoms with E-state index in [0.29, 0.717) is 6.54 Å². The lowest BCUT2D eigenvalue weighted by atomic mass is 10.0. The average molecular weight is 268 g/mol. The van der Waals surface area contributed by atoms with Crippen molar-refractivity contribution in [2.45, 2.75) is 33.4 Å². The van der Waals surface area contributed by atoms with Crippen LogP contribution in [0, 0.1) is 5.92 Å². The van der Waals surface area contributed by atoms with Crippen LogP contribution in [0.3, 0.4) is 0 Å². The van der Waals surface area contributed by atoms with Crippen molar-refractivity contribution in [1.29, 1.82) is 0 Å². The maximum atomic E-state index is 12.2. The number of nitrogen functional groups attached to an aromatic ring is 1. The fourth-order valence-electron chi connectivity index (χ4n) is 1.72. The minimum atomic E-state index is -0.711.